The number of likely N-dealkylation sites (tertiary alicyclic amines) is 1. The molecule has 8 heteroatoms. The zero-order valence-corrected chi connectivity index (χ0v) is 14.7. The largest absolute Gasteiger partial charge is 0.350 e. The Morgan fingerprint density at radius 3 is 2.29 bits per heavy atom. The first-order valence-electron chi connectivity index (χ1n) is 8.57. The lowest BCUT2D eigenvalue weighted by Gasteiger charge is -2.24. The van der Waals surface area contributed by atoms with Gasteiger partial charge in [0.05, 0.1) is 28.9 Å². The summed E-state index contributed by atoms with van der Waals surface area (Å²) >= 11 is 0. The van der Waals surface area contributed by atoms with Crippen molar-refractivity contribution in [3.8, 4) is 0 Å². The summed E-state index contributed by atoms with van der Waals surface area (Å²) in [6, 6.07) is 0. The maximum absolute atomic E-state index is 12.3. The first kappa shape index (κ1) is 17.4. The highest BCUT2D eigenvalue weighted by molar-refractivity contribution is 7.91. The highest BCUT2D eigenvalue weighted by atomic mass is 32.2. The highest BCUT2D eigenvalue weighted by Crippen LogP contribution is 2.38. The molecule has 1 saturated carbocycles. The number of hydrogen-bond donors (Lipinski definition) is 1. The number of imide groups is 1. The van der Waals surface area contributed by atoms with Crippen LogP contribution in [0.25, 0.3) is 0 Å². The number of amides is 3. The minimum Gasteiger partial charge on any atom is -0.350 e. The van der Waals surface area contributed by atoms with E-state index in [9.17, 15) is 22.8 Å². The predicted octanol–water partition coefficient (Wildman–Crippen LogP) is 0.245. The van der Waals surface area contributed by atoms with Crippen LogP contribution in [0.5, 0.6) is 0 Å². The van der Waals surface area contributed by atoms with Crippen LogP contribution < -0.4 is 5.32 Å². The topological polar surface area (TPSA) is 101 Å². The van der Waals surface area contributed by atoms with Gasteiger partial charge in [-0.25, -0.2) is 8.42 Å². The van der Waals surface area contributed by atoms with Gasteiger partial charge in [-0.15, -0.1) is 0 Å². The summed E-state index contributed by atoms with van der Waals surface area (Å²) < 4.78 is 23.2. The Bertz CT molecular complexity index is 650. The Balaban J connectivity index is 1.55. The Labute approximate surface area is 142 Å². The van der Waals surface area contributed by atoms with Crippen molar-refractivity contribution in [2.24, 2.45) is 11.8 Å². The summed E-state index contributed by atoms with van der Waals surface area (Å²) in [6.45, 7) is 1.80. The molecule has 0 aromatic heterocycles. The lowest BCUT2D eigenvalue weighted by molar-refractivity contribution is -0.140. The van der Waals surface area contributed by atoms with Crippen molar-refractivity contribution in [1.29, 1.82) is 0 Å². The van der Waals surface area contributed by atoms with Crippen LogP contribution in [0, 0.1) is 11.8 Å². The van der Waals surface area contributed by atoms with Crippen LogP contribution in [-0.4, -0.2) is 54.6 Å². The van der Waals surface area contributed by atoms with Gasteiger partial charge in [-0.1, -0.05) is 12.8 Å². The molecule has 3 aliphatic rings. The van der Waals surface area contributed by atoms with E-state index < -0.39 is 15.4 Å². The van der Waals surface area contributed by atoms with Crippen molar-refractivity contribution in [2.45, 2.75) is 51.0 Å². The van der Waals surface area contributed by atoms with E-state index in [1.807, 2.05) is 0 Å². The molecule has 24 heavy (non-hydrogen) atoms. The van der Waals surface area contributed by atoms with Crippen molar-refractivity contribution in [1.82, 2.24) is 10.2 Å². The zero-order valence-electron chi connectivity index (χ0n) is 13.9. The number of hydrogen-bond acceptors (Lipinski definition) is 5. The van der Waals surface area contributed by atoms with E-state index in [1.54, 1.807) is 6.92 Å². The van der Waals surface area contributed by atoms with Crippen LogP contribution in [0.2, 0.25) is 0 Å². The van der Waals surface area contributed by atoms with E-state index in [1.165, 1.54) is 4.90 Å². The second kappa shape index (κ2) is 6.13. The summed E-state index contributed by atoms with van der Waals surface area (Å²) in [5, 5.41) is 2.76. The van der Waals surface area contributed by atoms with Crippen LogP contribution in [0.1, 0.15) is 45.4 Å². The molecule has 3 atom stereocenters. The van der Waals surface area contributed by atoms with Crippen molar-refractivity contribution in [2.75, 3.05) is 18.1 Å². The Morgan fingerprint density at radius 2 is 1.79 bits per heavy atom. The third-order valence-electron chi connectivity index (χ3n) is 5.44. The molecule has 0 aromatic carbocycles. The van der Waals surface area contributed by atoms with Crippen molar-refractivity contribution in [3.63, 3.8) is 0 Å². The average Bonchev–Trinajstić information content (AvgIpc) is 2.92. The fraction of sp³-hybridized carbons (Fsp3) is 0.812. The molecule has 0 aromatic rings. The van der Waals surface area contributed by atoms with E-state index in [0.717, 1.165) is 25.7 Å². The van der Waals surface area contributed by atoms with E-state index in [-0.39, 0.29) is 54.0 Å². The molecule has 0 radical (unpaired) electrons. The van der Waals surface area contributed by atoms with Gasteiger partial charge in [0.15, 0.2) is 9.84 Å². The van der Waals surface area contributed by atoms with Gasteiger partial charge in [-0.05, 0) is 26.2 Å². The van der Waals surface area contributed by atoms with Crippen LogP contribution in [-0.2, 0) is 24.2 Å². The quantitative estimate of drug-likeness (QED) is 0.728. The first-order chi connectivity index (χ1) is 11.2. The van der Waals surface area contributed by atoms with Gasteiger partial charge in [-0.3, -0.25) is 19.3 Å². The minimum absolute atomic E-state index is 0.0204. The van der Waals surface area contributed by atoms with E-state index >= 15 is 0 Å². The van der Waals surface area contributed by atoms with Crippen LogP contribution in [0.3, 0.4) is 0 Å². The van der Waals surface area contributed by atoms with Gasteiger partial charge >= 0.3 is 0 Å². The summed E-state index contributed by atoms with van der Waals surface area (Å²) in [7, 11) is -3.10. The minimum atomic E-state index is -3.10. The van der Waals surface area contributed by atoms with Gasteiger partial charge in [0.1, 0.15) is 0 Å². The molecule has 3 amide bonds. The summed E-state index contributed by atoms with van der Waals surface area (Å²) in [5.41, 5.74) is -0.747. The molecule has 7 nitrogen and oxygen atoms in total. The number of nitrogens with one attached hydrogen (secondary N) is 1. The molecule has 0 unspecified atom stereocenters. The molecule has 0 bridgehead atoms. The second-order valence-electron chi connectivity index (χ2n) is 7.53. The molecule has 1 N–H and O–H groups in total. The standard InChI is InChI=1S/C16H24N2O5S/c1-16(7-9-24(22,23)10-16)17-13(19)6-8-18-14(20)11-4-2-3-5-12(11)15(18)21/h11-12H,2-10H2,1H3,(H,17,19)/t11-,12+,16-/m1/s1. The van der Waals surface area contributed by atoms with Crippen LogP contribution in [0.4, 0.5) is 0 Å². The van der Waals surface area contributed by atoms with Gasteiger partial charge in [0, 0.05) is 13.0 Å². The molecule has 134 valence electrons. The zero-order chi connectivity index (χ0) is 17.5. The van der Waals surface area contributed by atoms with Crippen LogP contribution >= 0.6 is 0 Å². The third-order valence-corrected chi connectivity index (χ3v) is 7.34. The number of rotatable bonds is 4. The molecule has 0 spiro atoms. The monoisotopic (exact) mass is 356 g/mol. The highest BCUT2D eigenvalue weighted by Gasteiger charge is 2.48. The summed E-state index contributed by atoms with van der Waals surface area (Å²) in [5.74, 6) is -0.990. The van der Waals surface area contributed by atoms with Gasteiger partial charge in [0.25, 0.3) is 0 Å². The Morgan fingerprint density at radius 1 is 1.21 bits per heavy atom. The number of sulfone groups is 1. The van der Waals surface area contributed by atoms with Crippen LogP contribution in [0.15, 0.2) is 0 Å². The predicted molar refractivity (Wildman–Crippen MR) is 86.6 cm³/mol. The number of carbonyl (C=O) groups excluding carboxylic acids is 3. The fourth-order valence-corrected chi connectivity index (χ4v) is 6.27. The molecular formula is C16H24N2O5S. The second-order valence-corrected chi connectivity index (χ2v) is 9.71. The molecule has 2 heterocycles. The van der Waals surface area contributed by atoms with Crippen molar-refractivity contribution < 1.29 is 22.8 Å². The first-order valence-corrected chi connectivity index (χ1v) is 10.4. The maximum Gasteiger partial charge on any atom is 0.233 e. The number of fused-ring (bicyclic) bond motifs is 1. The SMILES string of the molecule is C[C@@]1(NC(=O)CCN2C(=O)[C@H]3CCCC[C@H]3C2=O)CCS(=O)(=O)C1. The van der Waals surface area contributed by atoms with Gasteiger partial charge in [0.2, 0.25) is 17.7 Å². The molecule has 2 aliphatic heterocycles. The third kappa shape index (κ3) is 3.34. The molecule has 1 aliphatic carbocycles. The van der Waals surface area contributed by atoms with E-state index in [4.69, 9.17) is 0 Å². The fourth-order valence-electron chi connectivity index (χ4n) is 4.17. The molecular weight excluding hydrogens is 332 g/mol. The Kier molecular flexibility index (Phi) is 4.44. The van der Waals surface area contributed by atoms with Crippen molar-refractivity contribution in [3.05, 3.63) is 0 Å². The number of nitrogens with zero attached hydrogens (tertiary/aromatic N) is 1. The van der Waals surface area contributed by atoms with Gasteiger partial charge < -0.3 is 5.32 Å². The van der Waals surface area contributed by atoms with E-state index in [0.29, 0.717) is 6.42 Å². The number of carbonyl (C=O) groups is 3. The normalized spacial score (nSPS) is 35.1. The molecule has 2 saturated heterocycles. The lowest BCUT2D eigenvalue weighted by atomic mass is 9.81. The summed E-state index contributed by atoms with van der Waals surface area (Å²) in [4.78, 5) is 38.1. The summed E-state index contributed by atoms with van der Waals surface area (Å²) in [6.07, 6.45) is 3.88. The molecule has 3 fully saturated rings. The lowest BCUT2D eigenvalue weighted by Crippen LogP contribution is -2.48. The van der Waals surface area contributed by atoms with Crippen molar-refractivity contribution >= 4 is 27.6 Å². The molecule has 3 rings (SSSR count). The van der Waals surface area contributed by atoms with E-state index in [2.05, 4.69) is 5.32 Å². The maximum atomic E-state index is 12.3. The van der Waals surface area contributed by atoms with Gasteiger partial charge in [-0.2, -0.15) is 0 Å². The average molecular weight is 356 g/mol. The Hall–Kier alpha value is -1.44. The smallest absolute Gasteiger partial charge is 0.233 e.